The molecule has 1 aliphatic heterocycles. The Bertz CT molecular complexity index is 1330. The monoisotopic (exact) mass is 431 g/mol. The summed E-state index contributed by atoms with van der Waals surface area (Å²) in [5.41, 5.74) is 6.05. The topological polar surface area (TPSA) is 78.8 Å². The van der Waals surface area contributed by atoms with Crippen LogP contribution in [0, 0.1) is 5.82 Å². The molecule has 1 saturated carbocycles. The molecule has 2 aliphatic rings. The number of hydrogen-bond acceptors (Lipinski definition) is 4. The van der Waals surface area contributed by atoms with Crippen LogP contribution >= 0.6 is 0 Å². The second kappa shape index (κ2) is 7.45. The van der Waals surface area contributed by atoms with Gasteiger partial charge >= 0.3 is 0 Å². The van der Waals surface area contributed by atoms with Crippen molar-refractivity contribution >= 4 is 10.9 Å². The Kier molecular flexibility index (Phi) is 4.54. The molecule has 0 bridgehead atoms. The summed E-state index contributed by atoms with van der Waals surface area (Å²) in [7, 11) is 0. The zero-order chi connectivity index (χ0) is 21.8. The summed E-state index contributed by atoms with van der Waals surface area (Å²) in [5.74, 6) is -0.0291. The lowest BCUT2D eigenvalue weighted by atomic mass is 9.94. The molecule has 0 radical (unpaired) electrons. The lowest BCUT2D eigenvalue weighted by Crippen LogP contribution is -2.13. The summed E-state index contributed by atoms with van der Waals surface area (Å²) in [4.78, 5) is 5.06. The Balaban J connectivity index is 1.65. The van der Waals surface area contributed by atoms with Crippen LogP contribution in [-0.4, -0.2) is 24.9 Å². The van der Waals surface area contributed by atoms with Crippen LogP contribution in [0.3, 0.4) is 0 Å². The molecule has 32 heavy (non-hydrogen) atoms. The van der Waals surface area contributed by atoms with Gasteiger partial charge in [-0.1, -0.05) is 19.8 Å². The minimum absolute atomic E-state index is 0.319. The fourth-order valence-corrected chi connectivity index (χ4v) is 5.35. The van der Waals surface area contributed by atoms with Gasteiger partial charge in [-0.25, -0.2) is 9.37 Å². The summed E-state index contributed by atoms with van der Waals surface area (Å²) in [6, 6.07) is 7.75. The summed E-state index contributed by atoms with van der Waals surface area (Å²) in [5, 5.41) is 21.9. The average molecular weight is 432 g/mol. The maximum Gasteiger partial charge on any atom is 0.172 e. The van der Waals surface area contributed by atoms with Crippen LogP contribution in [0.4, 0.5) is 4.39 Å². The van der Waals surface area contributed by atoms with Crippen molar-refractivity contribution in [1.82, 2.24) is 25.1 Å². The third-order valence-corrected chi connectivity index (χ3v) is 7.00. The van der Waals surface area contributed by atoms with Crippen molar-refractivity contribution in [2.75, 3.05) is 0 Å². The number of aromatic nitrogens is 4. The number of fused-ring (bicyclic) bond motifs is 2. The van der Waals surface area contributed by atoms with Crippen molar-refractivity contribution in [3.63, 3.8) is 0 Å². The average Bonchev–Trinajstić information content (AvgIpc) is 3.58. The second-order valence-corrected chi connectivity index (χ2v) is 8.93. The number of nitrogens with one attached hydrogen (secondary N) is 2. The number of rotatable bonds is 4. The molecule has 1 aliphatic carbocycles. The maximum atomic E-state index is 15.3. The molecule has 164 valence electrons. The van der Waals surface area contributed by atoms with E-state index in [0.717, 1.165) is 65.0 Å². The van der Waals surface area contributed by atoms with E-state index in [9.17, 15) is 5.11 Å². The van der Waals surface area contributed by atoms with E-state index in [4.69, 9.17) is 4.98 Å². The number of nitrogens with zero attached hydrogens (tertiary/aromatic N) is 3. The van der Waals surface area contributed by atoms with Crippen LogP contribution in [0.1, 0.15) is 55.6 Å². The second-order valence-electron chi connectivity index (χ2n) is 8.93. The first-order valence-corrected chi connectivity index (χ1v) is 11.4. The number of halogens is 1. The van der Waals surface area contributed by atoms with Crippen LogP contribution in [0.25, 0.3) is 33.4 Å². The molecular weight excluding hydrogens is 405 g/mol. The van der Waals surface area contributed by atoms with Gasteiger partial charge in [0.2, 0.25) is 0 Å². The number of imidazole rings is 1. The van der Waals surface area contributed by atoms with E-state index in [0.29, 0.717) is 18.0 Å². The minimum atomic E-state index is -0.601. The first-order valence-electron chi connectivity index (χ1n) is 11.4. The SMILES string of the molecule is CCc1cc(O)c(F)c(-c2cc3[nH]ncc3cc2-c2nc3c(n2C2CCCC2)CNC3)c1. The largest absolute Gasteiger partial charge is 0.505 e. The number of aromatic amines is 1. The van der Waals surface area contributed by atoms with Gasteiger partial charge in [0.1, 0.15) is 5.82 Å². The van der Waals surface area contributed by atoms with Crippen molar-refractivity contribution in [3.8, 4) is 28.3 Å². The zero-order valence-electron chi connectivity index (χ0n) is 18.1. The highest BCUT2D eigenvalue weighted by atomic mass is 19.1. The van der Waals surface area contributed by atoms with Crippen molar-refractivity contribution < 1.29 is 9.50 Å². The number of aromatic hydroxyl groups is 1. The Hall–Kier alpha value is -3.19. The van der Waals surface area contributed by atoms with E-state index in [1.165, 1.54) is 24.6 Å². The predicted molar refractivity (Wildman–Crippen MR) is 122 cm³/mol. The van der Waals surface area contributed by atoms with Crippen LogP contribution in [0.15, 0.2) is 30.5 Å². The molecule has 2 aromatic heterocycles. The van der Waals surface area contributed by atoms with Crippen molar-refractivity contribution in [2.24, 2.45) is 0 Å². The third kappa shape index (κ3) is 2.95. The summed E-state index contributed by atoms with van der Waals surface area (Å²) in [6.07, 6.45) is 7.22. The van der Waals surface area contributed by atoms with E-state index in [1.54, 1.807) is 6.20 Å². The van der Waals surface area contributed by atoms with Gasteiger partial charge in [-0.15, -0.1) is 0 Å². The van der Waals surface area contributed by atoms with Crippen LogP contribution in [-0.2, 0) is 19.5 Å². The van der Waals surface area contributed by atoms with E-state index in [-0.39, 0.29) is 5.75 Å². The molecular formula is C25H26FN5O. The van der Waals surface area contributed by atoms with Crippen molar-refractivity contribution in [2.45, 2.75) is 58.2 Å². The number of benzene rings is 2. The highest BCUT2D eigenvalue weighted by molar-refractivity contribution is 5.94. The molecule has 0 unspecified atom stereocenters. The molecule has 3 heterocycles. The van der Waals surface area contributed by atoms with E-state index >= 15 is 4.39 Å². The van der Waals surface area contributed by atoms with Gasteiger partial charge < -0.3 is 15.0 Å². The molecule has 2 aromatic carbocycles. The van der Waals surface area contributed by atoms with Gasteiger partial charge in [-0.05, 0) is 54.7 Å². The lowest BCUT2D eigenvalue weighted by Gasteiger charge is -2.20. The number of aryl methyl sites for hydroxylation is 1. The number of H-pyrrole nitrogens is 1. The Labute approximate surface area is 185 Å². The summed E-state index contributed by atoms with van der Waals surface area (Å²) < 4.78 is 17.7. The molecule has 0 spiro atoms. The molecule has 4 aromatic rings. The Morgan fingerprint density at radius 3 is 2.75 bits per heavy atom. The minimum Gasteiger partial charge on any atom is -0.505 e. The van der Waals surface area contributed by atoms with Gasteiger partial charge in [0.25, 0.3) is 0 Å². The number of phenolic OH excluding ortho intramolecular Hbond substituents is 1. The third-order valence-electron chi connectivity index (χ3n) is 7.00. The van der Waals surface area contributed by atoms with Crippen LogP contribution < -0.4 is 5.32 Å². The van der Waals surface area contributed by atoms with Crippen LogP contribution in [0.5, 0.6) is 5.75 Å². The summed E-state index contributed by atoms with van der Waals surface area (Å²) in [6.45, 7) is 3.56. The van der Waals surface area contributed by atoms with Gasteiger partial charge in [0, 0.05) is 35.6 Å². The van der Waals surface area contributed by atoms with Gasteiger partial charge in [-0.3, -0.25) is 5.10 Å². The fraction of sp³-hybridized carbons (Fsp3) is 0.360. The Morgan fingerprint density at radius 1 is 1.09 bits per heavy atom. The zero-order valence-corrected chi connectivity index (χ0v) is 18.1. The number of hydrogen-bond donors (Lipinski definition) is 3. The van der Waals surface area contributed by atoms with Crippen molar-refractivity contribution in [1.29, 1.82) is 0 Å². The van der Waals surface area contributed by atoms with E-state index in [2.05, 4.69) is 26.1 Å². The van der Waals surface area contributed by atoms with Crippen LogP contribution in [0.2, 0.25) is 0 Å². The first-order chi connectivity index (χ1) is 15.6. The van der Waals surface area contributed by atoms with Gasteiger partial charge in [0.05, 0.1) is 23.1 Å². The van der Waals surface area contributed by atoms with Gasteiger partial charge in [-0.2, -0.15) is 5.10 Å². The molecule has 6 nitrogen and oxygen atoms in total. The molecule has 7 heteroatoms. The normalized spacial score (nSPS) is 16.3. The summed E-state index contributed by atoms with van der Waals surface area (Å²) >= 11 is 0. The molecule has 0 saturated heterocycles. The standard InChI is InChI=1S/C25H26FN5O/c1-2-14-7-18(24(26)23(32)8-14)17-10-20-15(11-28-30-20)9-19(17)25-29-21-12-27-13-22(21)31(25)16-5-3-4-6-16/h7-11,16,27,32H,2-6,12-13H2,1H3,(H,28,30). The highest BCUT2D eigenvalue weighted by Gasteiger charge is 2.30. The van der Waals surface area contributed by atoms with Gasteiger partial charge in [0.15, 0.2) is 11.6 Å². The molecule has 3 N–H and O–H groups in total. The van der Waals surface area contributed by atoms with E-state index in [1.807, 2.05) is 19.1 Å². The van der Waals surface area contributed by atoms with Crippen molar-refractivity contribution in [3.05, 3.63) is 53.2 Å². The van der Waals surface area contributed by atoms with E-state index < -0.39 is 5.82 Å². The fourth-order valence-electron chi connectivity index (χ4n) is 5.35. The molecule has 0 amide bonds. The molecule has 6 rings (SSSR count). The number of phenols is 1. The Morgan fingerprint density at radius 2 is 1.94 bits per heavy atom. The lowest BCUT2D eigenvalue weighted by molar-refractivity contribution is 0.433. The maximum absolute atomic E-state index is 15.3. The smallest absolute Gasteiger partial charge is 0.172 e. The predicted octanol–water partition coefficient (Wildman–Crippen LogP) is 5.22. The highest BCUT2D eigenvalue weighted by Crippen LogP contribution is 2.42. The molecule has 1 fully saturated rings. The molecule has 0 atom stereocenters. The quantitative estimate of drug-likeness (QED) is 0.414. The first kappa shape index (κ1) is 19.5.